The lowest BCUT2D eigenvalue weighted by Gasteiger charge is -2.42. The molecular weight excluding hydrogens is 1340 g/mol. The van der Waals surface area contributed by atoms with Gasteiger partial charge in [-0.3, -0.25) is 0 Å². The lowest BCUT2D eigenvalue weighted by atomic mass is 9.62. The highest BCUT2D eigenvalue weighted by molar-refractivity contribution is 5.97. The molecule has 110 heavy (non-hydrogen) atoms. The summed E-state index contributed by atoms with van der Waals surface area (Å²) in [6.45, 7) is 0. The molecule has 16 aromatic carbocycles. The van der Waals surface area contributed by atoms with Crippen molar-refractivity contribution >= 4 is 10.8 Å². The molecule has 0 bridgehead atoms. The molecule has 0 unspecified atom stereocenters. The molecule has 518 valence electrons. The Kier molecular flexibility index (Phi) is 17.3. The first kappa shape index (κ1) is 66.2. The number of hydrogen-bond acceptors (Lipinski definition) is 6. The van der Waals surface area contributed by atoms with Crippen LogP contribution < -0.4 is 9.47 Å². The zero-order valence-corrected chi connectivity index (χ0v) is 60.0. The van der Waals surface area contributed by atoms with Gasteiger partial charge < -0.3 is 9.47 Å². The highest BCUT2D eigenvalue weighted by Gasteiger charge is 2.48. The summed E-state index contributed by atoms with van der Waals surface area (Å²) in [6, 6.07) is 149. The Bertz CT molecular complexity index is 6330. The van der Waals surface area contributed by atoms with Gasteiger partial charge in [-0.25, -0.2) is 19.9 Å². The zero-order chi connectivity index (χ0) is 73.2. The van der Waals surface area contributed by atoms with E-state index in [-0.39, 0.29) is 0 Å². The van der Waals surface area contributed by atoms with Gasteiger partial charge in [0.15, 0.2) is 11.6 Å². The molecule has 4 heterocycles. The van der Waals surface area contributed by atoms with E-state index in [4.69, 9.17) is 29.4 Å². The third-order valence-electron chi connectivity index (χ3n) is 21.5. The fourth-order valence-electron chi connectivity index (χ4n) is 16.5. The highest BCUT2D eigenvalue weighted by atomic mass is 16.5. The summed E-state index contributed by atoms with van der Waals surface area (Å²) in [5, 5.41) is 2.34. The molecule has 6 nitrogen and oxygen atoms in total. The van der Waals surface area contributed by atoms with E-state index in [0.29, 0.717) is 11.6 Å². The predicted molar refractivity (Wildman–Crippen MR) is 447 cm³/mol. The second-order valence-corrected chi connectivity index (χ2v) is 27.8. The van der Waals surface area contributed by atoms with Crippen molar-refractivity contribution in [1.29, 1.82) is 0 Å². The lowest BCUT2D eigenvalue weighted by Crippen LogP contribution is -2.34. The Morgan fingerprint density at radius 2 is 0.464 bits per heavy atom. The van der Waals surface area contributed by atoms with Crippen LogP contribution in [0.5, 0.6) is 23.0 Å². The van der Waals surface area contributed by atoms with E-state index in [1.54, 1.807) is 0 Å². The summed E-state index contributed by atoms with van der Waals surface area (Å²) in [4.78, 5) is 20.8. The van der Waals surface area contributed by atoms with Crippen molar-refractivity contribution in [1.82, 2.24) is 19.9 Å². The number of para-hydroxylation sites is 4. The van der Waals surface area contributed by atoms with Crippen molar-refractivity contribution in [3.8, 4) is 124 Å². The molecule has 0 fully saturated rings. The minimum Gasteiger partial charge on any atom is -0.457 e. The summed E-state index contributed by atoms with van der Waals surface area (Å²) in [6.07, 6.45) is 0. The van der Waals surface area contributed by atoms with Gasteiger partial charge in [-0.05, 0) is 121 Å². The Balaban J connectivity index is 0.000000149. The molecule has 20 rings (SSSR count). The zero-order valence-electron chi connectivity index (χ0n) is 60.0. The molecule has 6 heteroatoms. The average Bonchev–Trinajstić information content (AvgIpc) is 0.707. The molecule has 0 atom stereocenters. The van der Waals surface area contributed by atoms with E-state index in [1.165, 1.54) is 33.2 Å². The van der Waals surface area contributed by atoms with Crippen LogP contribution in [0.1, 0.15) is 44.5 Å². The molecule has 0 aliphatic carbocycles. The molecule has 0 saturated carbocycles. The molecule has 18 aromatic rings. The normalized spacial score (nSPS) is 12.7. The minimum absolute atomic E-state index is 0.643. The largest absolute Gasteiger partial charge is 0.457 e. The maximum Gasteiger partial charge on any atom is 0.160 e. The molecule has 0 radical (unpaired) electrons. The Morgan fingerprint density at radius 3 is 0.900 bits per heavy atom. The van der Waals surface area contributed by atoms with Crippen LogP contribution in [0, 0.1) is 0 Å². The van der Waals surface area contributed by atoms with E-state index in [9.17, 15) is 0 Å². The Labute approximate surface area is 640 Å². The van der Waals surface area contributed by atoms with E-state index in [1.807, 2.05) is 42.5 Å². The first-order valence-corrected chi connectivity index (χ1v) is 37.3. The number of ether oxygens (including phenoxy) is 2. The third-order valence-corrected chi connectivity index (χ3v) is 21.5. The van der Waals surface area contributed by atoms with E-state index >= 15 is 0 Å². The molecule has 0 spiro atoms. The van der Waals surface area contributed by atoms with Crippen molar-refractivity contribution < 1.29 is 9.47 Å². The smallest absolute Gasteiger partial charge is 0.160 e. The third kappa shape index (κ3) is 12.0. The summed E-state index contributed by atoms with van der Waals surface area (Å²) >= 11 is 0. The van der Waals surface area contributed by atoms with Crippen molar-refractivity contribution in [3.05, 3.63) is 469 Å². The Hall–Kier alpha value is -14.5. The van der Waals surface area contributed by atoms with Crippen molar-refractivity contribution in [3.63, 3.8) is 0 Å². The van der Waals surface area contributed by atoms with Crippen molar-refractivity contribution in [2.75, 3.05) is 0 Å². The molecule has 0 N–H and O–H groups in total. The monoisotopic (exact) mass is 1410 g/mol. The summed E-state index contributed by atoms with van der Waals surface area (Å²) in [5.41, 5.74) is 24.2. The average molecular weight is 1410 g/mol. The maximum absolute atomic E-state index is 6.61. The topological polar surface area (TPSA) is 70.0 Å². The van der Waals surface area contributed by atoms with Crippen LogP contribution in [-0.2, 0) is 10.8 Å². The van der Waals surface area contributed by atoms with Gasteiger partial charge in [0.2, 0.25) is 0 Å². The molecule has 0 saturated heterocycles. The van der Waals surface area contributed by atoms with E-state index < -0.39 is 10.8 Å². The summed E-state index contributed by atoms with van der Waals surface area (Å²) in [7, 11) is 0. The number of benzene rings is 16. The van der Waals surface area contributed by atoms with Crippen molar-refractivity contribution in [2.24, 2.45) is 0 Å². The SMILES string of the molecule is c1ccc(-c2cccc(-c3cc(-c4cccc(-c5ccccc5C5(c6ccccc6)c6ccccc6Oc6ccccc65)c4)nc(-c4ccccc4)n3)c2)cc1.c1ccc(-c2nc(-c3cccc(-c4ccccc4C4(c5ccccc5)c5ccccc5Oc5ccccc54)c3)cc(-c3cccc4ccccc34)n2)cc1. The molecule has 2 aliphatic heterocycles. The van der Waals surface area contributed by atoms with Crippen LogP contribution in [0.2, 0.25) is 0 Å². The standard InChI is InChI=1S/C53H36N2O.C51H34N2O/c1-4-18-37(19-5-1)39-22-16-24-41(34-39)48-36-49(55-52(54-48)38-20-6-2-7-21-38)42-25-17-23-40(35-42)44-28-10-11-29-45(44)53(43-26-8-3-9-27-43)46-30-12-14-32-50(46)56-51-33-15-13-31-47(51)53;1-3-18-36(19-4-1)50-52-46(34-47(53-50)42-27-16-20-35-17-7-8-25-40(35)42)38-22-15-21-37(33-38)41-26-9-10-28-43(41)51(39-23-5-2-6-24-39)44-29-11-13-31-48(44)54-49-32-14-12-30-45(49)51/h1-36H;1-34H. The van der Waals surface area contributed by atoms with Gasteiger partial charge in [-0.1, -0.05) is 370 Å². The predicted octanol–water partition coefficient (Wildman–Crippen LogP) is 26.1. The van der Waals surface area contributed by atoms with E-state index in [0.717, 1.165) is 135 Å². The molecule has 0 amide bonds. The maximum atomic E-state index is 6.61. The van der Waals surface area contributed by atoms with Crippen LogP contribution >= 0.6 is 0 Å². The van der Waals surface area contributed by atoms with Crippen LogP contribution in [0.4, 0.5) is 0 Å². The quantitative estimate of drug-likeness (QED) is 0.115. The fourth-order valence-corrected chi connectivity index (χ4v) is 16.5. The first-order valence-electron chi connectivity index (χ1n) is 37.3. The minimum atomic E-state index is -0.647. The second kappa shape index (κ2) is 28.8. The van der Waals surface area contributed by atoms with E-state index in [2.05, 4.69) is 382 Å². The van der Waals surface area contributed by atoms with Gasteiger partial charge in [-0.15, -0.1) is 0 Å². The van der Waals surface area contributed by atoms with Gasteiger partial charge in [0, 0.05) is 55.6 Å². The molecular formula is C104H70N4O2. The fraction of sp³-hybridized carbons (Fsp3) is 0.0192. The lowest BCUT2D eigenvalue weighted by molar-refractivity contribution is 0.434. The van der Waals surface area contributed by atoms with Gasteiger partial charge in [0.1, 0.15) is 23.0 Å². The van der Waals surface area contributed by atoms with Gasteiger partial charge in [0.25, 0.3) is 0 Å². The van der Waals surface area contributed by atoms with Crippen LogP contribution in [0.3, 0.4) is 0 Å². The molecule has 2 aliphatic rings. The van der Waals surface area contributed by atoms with Gasteiger partial charge >= 0.3 is 0 Å². The number of nitrogens with zero attached hydrogens (tertiary/aromatic N) is 4. The Morgan fingerprint density at radius 1 is 0.182 bits per heavy atom. The van der Waals surface area contributed by atoms with Gasteiger partial charge in [-0.2, -0.15) is 0 Å². The number of hydrogen-bond donors (Lipinski definition) is 0. The highest BCUT2D eigenvalue weighted by Crippen LogP contribution is 2.59. The summed E-state index contributed by atoms with van der Waals surface area (Å²) in [5.74, 6) is 4.82. The molecule has 2 aromatic heterocycles. The number of rotatable bonds is 13. The van der Waals surface area contributed by atoms with Crippen LogP contribution in [0.25, 0.3) is 112 Å². The summed E-state index contributed by atoms with van der Waals surface area (Å²) < 4.78 is 13.2. The first-order chi connectivity index (χ1) is 54.5. The number of aromatic nitrogens is 4. The van der Waals surface area contributed by atoms with Gasteiger partial charge in [0.05, 0.1) is 33.6 Å². The van der Waals surface area contributed by atoms with Crippen molar-refractivity contribution in [2.45, 2.75) is 10.8 Å². The number of fused-ring (bicyclic) bond motifs is 5. The van der Waals surface area contributed by atoms with Crippen LogP contribution in [0.15, 0.2) is 425 Å². The second-order valence-electron chi connectivity index (χ2n) is 27.8. The van der Waals surface area contributed by atoms with Crippen LogP contribution in [-0.4, -0.2) is 19.9 Å².